The van der Waals surface area contributed by atoms with Crippen LogP contribution in [0, 0.1) is 0 Å². The van der Waals surface area contributed by atoms with Crippen molar-refractivity contribution in [2.45, 2.75) is 26.4 Å². The maximum atomic E-state index is 11.6. The Bertz CT molecular complexity index is 537. The molecule has 0 radical (unpaired) electrons. The Morgan fingerprint density at radius 1 is 1.38 bits per heavy atom. The van der Waals surface area contributed by atoms with E-state index < -0.39 is 12.1 Å². The van der Waals surface area contributed by atoms with Gasteiger partial charge in [0.1, 0.15) is 6.04 Å². The summed E-state index contributed by atoms with van der Waals surface area (Å²) in [4.78, 5) is 25.3. The zero-order valence-electron chi connectivity index (χ0n) is 11.9. The van der Waals surface area contributed by atoms with Crippen molar-refractivity contribution in [2.24, 2.45) is 5.11 Å². The molecule has 0 aliphatic heterocycles. The zero-order valence-corrected chi connectivity index (χ0v) is 11.9. The quantitative estimate of drug-likeness (QED) is 0.476. The third-order valence-corrected chi connectivity index (χ3v) is 2.54. The van der Waals surface area contributed by atoms with Crippen molar-refractivity contribution in [3.8, 4) is 0 Å². The summed E-state index contributed by atoms with van der Waals surface area (Å²) in [6.07, 6.45) is -0.474. The van der Waals surface area contributed by atoms with Crippen molar-refractivity contribution in [1.29, 1.82) is 0 Å². The van der Waals surface area contributed by atoms with Gasteiger partial charge < -0.3 is 15.4 Å². The maximum absolute atomic E-state index is 11.6. The molecule has 0 bridgehead atoms. The Morgan fingerprint density at radius 3 is 2.62 bits per heavy atom. The third kappa shape index (κ3) is 5.84. The van der Waals surface area contributed by atoms with Gasteiger partial charge in [0.25, 0.3) is 0 Å². The van der Waals surface area contributed by atoms with Crippen LogP contribution >= 0.6 is 0 Å². The summed E-state index contributed by atoms with van der Waals surface area (Å²) in [6.45, 7) is 3.89. The van der Waals surface area contributed by atoms with Gasteiger partial charge in [-0.05, 0) is 37.1 Å². The topological polar surface area (TPSA) is 116 Å². The highest BCUT2D eigenvalue weighted by atomic mass is 16.5. The van der Waals surface area contributed by atoms with Gasteiger partial charge in [0, 0.05) is 17.1 Å². The molecule has 0 aliphatic rings. The summed E-state index contributed by atoms with van der Waals surface area (Å²) >= 11 is 0. The van der Waals surface area contributed by atoms with Crippen molar-refractivity contribution in [2.75, 3.05) is 11.9 Å². The van der Waals surface area contributed by atoms with E-state index in [-0.39, 0.29) is 5.91 Å². The molecule has 0 fully saturated rings. The van der Waals surface area contributed by atoms with Crippen LogP contribution in [0.25, 0.3) is 10.4 Å². The molecule has 8 nitrogen and oxygen atoms in total. The lowest BCUT2D eigenvalue weighted by atomic mass is 10.2. The molecular weight excluding hydrogens is 274 g/mol. The lowest BCUT2D eigenvalue weighted by Gasteiger charge is -2.09. The van der Waals surface area contributed by atoms with Crippen LogP contribution in [0.4, 0.5) is 10.5 Å². The van der Waals surface area contributed by atoms with Gasteiger partial charge in [-0.3, -0.25) is 4.79 Å². The first-order valence-corrected chi connectivity index (χ1v) is 6.41. The Balaban J connectivity index is 2.52. The van der Waals surface area contributed by atoms with E-state index in [9.17, 15) is 9.59 Å². The van der Waals surface area contributed by atoms with Crippen molar-refractivity contribution >= 4 is 17.7 Å². The number of anilines is 1. The van der Waals surface area contributed by atoms with E-state index in [0.29, 0.717) is 18.8 Å². The van der Waals surface area contributed by atoms with E-state index in [1.165, 1.54) is 6.92 Å². The van der Waals surface area contributed by atoms with Crippen LogP contribution in [-0.2, 0) is 16.1 Å². The summed E-state index contributed by atoms with van der Waals surface area (Å²) in [5.41, 5.74) is 9.71. The number of benzene rings is 1. The maximum Gasteiger partial charge on any atom is 0.407 e. The van der Waals surface area contributed by atoms with E-state index in [4.69, 9.17) is 10.3 Å². The van der Waals surface area contributed by atoms with Crippen LogP contribution in [0.3, 0.4) is 0 Å². The molecule has 8 heteroatoms. The highest BCUT2D eigenvalue weighted by molar-refractivity contribution is 5.94. The number of hydrogen-bond acceptors (Lipinski definition) is 4. The Hall–Kier alpha value is -2.73. The number of ether oxygens (including phenoxy) is 1. The summed E-state index contributed by atoms with van der Waals surface area (Å²) in [5.74, 6) is -0.384. The van der Waals surface area contributed by atoms with E-state index >= 15 is 0 Å². The second kappa shape index (κ2) is 8.44. The number of carbonyl (C=O) groups excluding carboxylic acids is 2. The predicted molar refractivity (Wildman–Crippen MR) is 77.5 cm³/mol. The lowest BCUT2D eigenvalue weighted by molar-refractivity contribution is -0.117. The fraction of sp³-hybridized carbons (Fsp3) is 0.385. The fourth-order valence-corrected chi connectivity index (χ4v) is 1.44. The van der Waals surface area contributed by atoms with E-state index in [1.807, 2.05) is 0 Å². The largest absolute Gasteiger partial charge is 0.450 e. The highest BCUT2D eigenvalue weighted by Gasteiger charge is 2.10. The van der Waals surface area contributed by atoms with Crippen LogP contribution < -0.4 is 10.6 Å². The molecule has 2 N–H and O–H groups in total. The second-order valence-corrected chi connectivity index (χ2v) is 4.14. The van der Waals surface area contributed by atoms with Gasteiger partial charge in [0.15, 0.2) is 0 Å². The number of carbonyl (C=O) groups is 2. The average Bonchev–Trinajstić information content (AvgIpc) is 2.47. The van der Waals surface area contributed by atoms with Crippen LogP contribution in [0.5, 0.6) is 0 Å². The molecule has 1 aromatic rings. The van der Waals surface area contributed by atoms with Crippen LogP contribution in [0.2, 0.25) is 0 Å². The molecule has 1 unspecified atom stereocenters. The summed E-state index contributed by atoms with van der Waals surface area (Å²) in [7, 11) is 0. The molecular formula is C13H17N5O3. The molecule has 2 amide bonds. The normalized spacial score (nSPS) is 11.0. The van der Waals surface area contributed by atoms with Gasteiger partial charge in [-0.1, -0.05) is 17.2 Å². The molecule has 1 rings (SSSR count). The molecule has 0 saturated carbocycles. The van der Waals surface area contributed by atoms with E-state index in [2.05, 4.69) is 20.7 Å². The van der Waals surface area contributed by atoms with Gasteiger partial charge in [-0.2, -0.15) is 0 Å². The van der Waals surface area contributed by atoms with Gasteiger partial charge in [-0.25, -0.2) is 4.79 Å². The number of rotatable bonds is 6. The lowest BCUT2D eigenvalue weighted by Crippen LogP contribution is -2.24. The number of alkyl carbamates (subject to hydrolysis) is 1. The number of hydrogen-bond donors (Lipinski definition) is 2. The summed E-state index contributed by atoms with van der Waals surface area (Å²) in [6, 6.07) is 6.14. The van der Waals surface area contributed by atoms with E-state index in [1.54, 1.807) is 31.2 Å². The zero-order chi connectivity index (χ0) is 15.7. The Kier molecular flexibility index (Phi) is 6.56. The van der Waals surface area contributed by atoms with Gasteiger partial charge in [0.2, 0.25) is 5.91 Å². The van der Waals surface area contributed by atoms with Gasteiger partial charge in [-0.15, -0.1) is 0 Å². The number of nitrogens with zero attached hydrogens (tertiary/aromatic N) is 3. The fourth-order valence-electron chi connectivity index (χ4n) is 1.44. The first kappa shape index (κ1) is 16.3. The number of nitrogens with one attached hydrogen (secondary N) is 2. The molecule has 0 aliphatic carbocycles. The molecule has 1 atom stereocenters. The monoisotopic (exact) mass is 291 g/mol. The van der Waals surface area contributed by atoms with Gasteiger partial charge >= 0.3 is 6.09 Å². The number of azide groups is 1. The summed E-state index contributed by atoms with van der Waals surface area (Å²) < 4.78 is 4.74. The van der Waals surface area contributed by atoms with Crippen molar-refractivity contribution in [1.82, 2.24) is 5.32 Å². The SMILES string of the molecule is CCOC(=O)NCc1ccc(NC(=O)C(C)N=[N+]=[N-])cc1. The smallest absolute Gasteiger partial charge is 0.407 e. The van der Waals surface area contributed by atoms with Gasteiger partial charge in [0.05, 0.1) is 6.61 Å². The van der Waals surface area contributed by atoms with E-state index in [0.717, 1.165) is 5.56 Å². The molecule has 0 aromatic heterocycles. The van der Waals surface area contributed by atoms with Crippen molar-refractivity contribution in [3.05, 3.63) is 40.3 Å². The minimum absolute atomic E-state index is 0.320. The summed E-state index contributed by atoms with van der Waals surface area (Å²) in [5, 5.41) is 8.53. The van der Waals surface area contributed by atoms with Crippen molar-refractivity contribution in [3.63, 3.8) is 0 Å². The third-order valence-electron chi connectivity index (χ3n) is 2.54. The minimum Gasteiger partial charge on any atom is -0.450 e. The van der Waals surface area contributed by atoms with Crippen molar-refractivity contribution < 1.29 is 14.3 Å². The van der Waals surface area contributed by atoms with Crippen LogP contribution in [0.15, 0.2) is 29.4 Å². The standard InChI is InChI=1S/C13H17N5O3/c1-3-21-13(20)15-8-10-4-6-11(7-5-10)16-12(19)9(2)17-18-14/h4-7,9H,3,8H2,1-2H3,(H,15,20)(H,16,19). The first-order valence-electron chi connectivity index (χ1n) is 6.41. The second-order valence-electron chi connectivity index (χ2n) is 4.14. The molecule has 21 heavy (non-hydrogen) atoms. The number of amides is 2. The molecule has 0 saturated heterocycles. The molecule has 112 valence electrons. The molecule has 0 spiro atoms. The molecule has 1 aromatic carbocycles. The van der Waals surface area contributed by atoms with Crippen LogP contribution in [0.1, 0.15) is 19.4 Å². The average molecular weight is 291 g/mol. The highest BCUT2D eigenvalue weighted by Crippen LogP contribution is 2.10. The first-order chi connectivity index (χ1) is 10.1. The molecule has 0 heterocycles. The Morgan fingerprint density at radius 2 is 2.05 bits per heavy atom. The minimum atomic E-state index is -0.778. The predicted octanol–water partition coefficient (Wildman–Crippen LogP) is 2.57. The Labute approximate surface area is 122 Å². The van der Waals surface area contributed by atoms with Crippen LogP contribution in [-0.4, -0.2) is 24.6 Å².